The number of ether oxygens (including phenoxy) is 1. The summed E-state index contributed by atoms with van der Waals surface area (Å²) in [4.78, 5) is 2.60. The molecule has 3 N–H and O–H groups in total. The number of morpholine rings is 1. The Balaban J connectivity index is 1.65. The fraction of sp³-hybridized carbons (Fsp3) is 1.00. The molecule has 18 heavy (non-hydrogen) atoms. The lowest BCUT2D eigenvalue weighted by Crippen LogP contribution is -2.50. The summed E-state index contributed by atoms with van der Waals surface area (Å²) in [5.74, 6) is 1.23. The maximum absolute atomic E-state index is 5.93. The summed E-state index contributed by atoms with van der Waals surface area (Å²) in [5, 5.41) is 3.54. The Morgan fingerprint density at radius 2 is 2.28 bits per heavy atom. The minimum atomic E-state index is 0.366. The summed E-state index contributed by atoms with van der Waals surface area (Å²) >= 11 is 0. The summed E-state index contributed by atoms with van der Waals surface area (Å²) in [6.07, 6.45) is 3.03. The number of nitrogens with zero attached hydrogens (tertiary/aromatic N) is 1. The van der Waals surface area contributed by atoms with Crippen molar-refractivity contribution in [2.45, 2.75) is 38.8 Å². The van der Waals surface area contributed by atoms with E-state index in [1.807, 2.05) is 0 Å². The van der Waals surface area contributed by atoms with Crippen LogP contribution in [0.25, 0.3) is 0 Å². The molecule has 0 amide bonds. The molecule has 2 heterocycles. The standard InChI is InChI=1S/C14H29N3O/c1-11(2)12(6-15)7-16-8-14-9-17-5-3-4-13(17)10-18-14/h11-14,16H,3-10,15H2,1-2H3. The highest BCUT2D eigenvalue weighted by Gasteiger charge is 2.31. The number of hydrogen-bond donors (Lipinski definition) is 2. The first-order chi connectivity index (χ1) is 8.70. The van der Waals surface area contributed by atoms with Crippen molar-refractivity contribution in [3.63, 3.8) is 0 Å². The molecule has 0 aromatic heterocycles. The van der Waals surface area contributed by atoms with E-state index < -0.39 is 0 Å². The van der Waals surface area contributed by atoms with Gasteiger partial charge in [0.1, 0.15) is 0 Å². The monoisotopic (exact) mass is 255 g/mol. The Labute approximate surface area is 111 Å². The first-order valence-electron chi connectivity index (χ1n) is 7.47. The number of nitrogens with two attached hydrogens (primary N) is 1. The van der Waals surface area contributed by atoms with Crippen LogP contribution in [0.4, 0.5) is 0 Å². The van der Waals surface area contributed by atoms with Gasteiger partial charge in [0.15, 0.2) is 0 Å². The Morgan fingerprint density at radius 1 is 1.44 bits per heavy atom. The molecule has 0 aliphatic carbocycles. The van der Waals surface area contributed by atoms with Gasteiger partial charge in [0, 0.05) is 19.1 Å². The van der Waals surface area contributed by atoms with Crippen LogP contribution in [0.1, 0.15) is 26.7 Å². The Hall–Kier alpha value is -0.160. The van der Waals surface area contributed by atoms with Gasteiger partial charge in [-0.3, -0.25) is 4.90 Å². The van der Waals surface area contributed by atoms with E-state index in [9.17, 15) is 0 Å². The number of nitrogens with one attached hydrogen (secondary N) is 1. The van der Waals surface area contributed by atoms with Gasteiger partial charge in [0.05, 0.1) is 12.7 Å². The third-order valence-corrected chi connectivity index (χ3v) is 4.49. The van der Waals surface area contributed by atoms with E-state index in [0.29, 0.717) is 24.0 Å². The summed E-state index contributed by atoms with van der Waals surface area (Å²) in [6, 6.07) is 0.703. The first-order valence-corrected chi connectivity index (χ1v) is 7.47. The van der Waals surface area contributed by atoms with Gasteiger partial charge in [0.25, 0.3) is 0 Å². The highest BCUT2D eigenvalue weighted by molar-refractivity contribution is 4.86. The fourth-order valence-corrected chi connectivity index (χ4v) is 3.03. The molecule has 4 heteroatoms. The summed E-state index contributed by atoms with van der Waals surface area (Å²) in [7, 11) is 0. The van der Waals surface area contributed by atoms with Gasteiger partial charge >= 0.3 is 0 Å². The van der Waals surface area contributed by atoms with Crippen LogP contribution in [-0.4, -0.2) is 56.4 Å². The Kier molecular flexibility index (Phi) is 5.42. The summed E-state index contributed by atoms with van der Waals surface area (Å²) in [5.41, 5.74) is 5.78. The van der Waals surface area contributed by atoms with Crippen molar-refractivity contribution in [1.29, 1.82) is 0 Å². The Morgan fingerprint density at radius 3 is 3.00 bits per heavy atom. The predicted octanol–water partition coefficient (Wildman–Crippen LogP) is 0.670. The highest BCUT2D eigenvalue weighted by Crippen LogP contribution is 2.22. The van der Waals surface area contributed by atoms with Crippen LogP contribution in [0.2, 0.25) is 0 Å². The highest BCUT2D eigenvalue weighted by atomic mass is 16.5. The molecule has 0 spiro atoms. The maximum atomic E-state index is 5.93. The van der Waals surface area contributed by atoms with Crippen molar-refractivity contribution in [1.82, 2.24) is 10.2 Å². The van der Waals surface area contributed by atoms with Gasteiger partial charge in [-0.25, -0.2) is 0 Å². The lowest BCUT2D eigenvalue weighted by Gasteiger charge is -2.35. The molecule has 106 valence electrons. The van der Waals surface area contributed by atoms with Gasteiger partial charge in [0.2, 0.25) is 0 Å². The van der Waals surface area contributed by atoms with E-state index in [4.69, 9.17) is 10.5 Å². The third kappa shape index (κ3) is 3.67. The van der Waals surface area contributed by atoms with E-state index in [2.05, 4.69) is 24.1 Å². The fourth-order valence-electron chi connectivity index (χ4n) is 3.03. The Bertz CT molecular complexity index is 247. The van der Waals surface area contributed by atoms with Gasteiger partial charge in [-0.15, -0.1) is 0 Å². The molecule has 2 saturated heterocycles. The van der Waals surface area contributed by atoms with E-state index >= 15 is 0 Å². The molecule has 0 saturated carbocycles. The van der Waals surface area contributed by atoms with Crippen LogP contribution >= 0.6 is 0 Å². The minimum Gasteiger partial charge on any atom is -0.374 e. The quantitative estimate of drug-likeness (QED) is 0.732. The molecule has 4 nitrogen and oxygen atoms in total. The molecular weight excluding hydrogens is 226 g/mol. The molecule has 3 atom stereocenters. The van der Waals surface area contributed by atoms with Gasteiger partial charge in [-0.05, 0) is 44.3 Å². The second kappa shape index (κ2) is 6.85. The van der Waals surface area contributed by atoms with Crippen molar-refractivity contribution < 1.29 is 4.74 Å². The van der Waals surface area contributed by atoms with Crippen LogP contribution in [-0.2, 0) is 4.74 Å². The predicted molar refractivity (Wildman–Crippen MR) is 74.6 cm³/mol. The second-order valence-corrected chi connectivity index (χ2v) is 6.14. The molecule has 2 rings (SSSR count). The van der Waals surface area contributed by atoms with Crippen LogP contribution in [0.5, 0.6) is 0 Å². The zero-order valence-electron chi connectivity index (χ0n) is 11.9. The largest absolute Gasteiger partial charge is 0.374 e. The summed E-state index contributed by atoms with van der Waals surface area (Å²) in [6.45, 7) is 10.5. The van der Waals surface area contributed by atoms with E-state index in [0.717, 1.165) is 32.8 Å². The van der Waals surface area contributed by atoms with Gasteiger partial charge in [-0.2, -0.15) is 0 Å². The van der Waals surface area contributed by atoms with Gasteiger partial charge < -0.3 is 15.8 Å². The van der Waals surface area contributed by atoms with Crippen LogP contribution in [0.15, 0.2) is 0 Å². The maximum Gasteiger partial charge on any atom is 0.0826 e. The van der Waals surface area contributed by atoms with Crippen molar-refractivity contribution in [3.8, 4) is 0 Å². The smallest absolute Gasteiger partial charge is 0.0826 e. The van der Waals surface area contributed by atoms with Crippen LogP contribution in [0.3, 0.4) is 0 Å². The van der Waals surface area contributed by atoms with E-state index in [1.165, 1.54) is 19.4 Å². The van der Waals surface area contributed by atoms with Gasteiger partial charge in [-0.1, -0.05) is 13.8 Å². The average molecular weight is 255 g/mol. The lowest BCUT2D eigenvalue weighted by atomic mass is 9.96. The average Bonchev–Trinajstić information content (AvgIpc) is 2.81. The molecule has 2 aliphatic heterocycles. The molecule has 2 fully saturated rings. The second-order valence-electron chi connectivity index (χ2n) is 6.14. The van der Waals surface area contributed by atoms with Crippen molar-refractivity contribution >= 4 is 0 Å². The molecule has 0 radical (unpaired) electrons. The molecule has 0 aromatic rings. The number of hydrogen-bond acceptors (Lipinski definition) is 4. The van der Waals surface area contributed by atoms with Crippen LogP contribution < -0.4 is 11.1 Å². The molecular formula is C14H29N3O. The molecule has 3 unspecified atom stereocenters. The third-order valence-electron chi connectivity index (χ3n) is 4.49. The minimum absolute atomic E-state index is 0.366. The molecule has 0 bridgehead atoms. The molecule has 2 aliphatic rings. The zero-order valence-corrected chi connectivity index (χ0v) is 11.9. The van der Waals surface area contributed by atoms with E-state index in [1.54, 1.807) is 0 Å². The topological polar surface area (TPSA) is 50.5 Å². The van der Waals surface area contributed by atoms with Crippen molar-refractivity contribution in [3.05, 3.63) is 0 Å². The van der Waals surface area contributed by atoms with E-state index in [-0.39, 0.29) is 0 Å². The summed E-state index contributed by atoms with van der Waals surface area (Å²) < 4.78 is 5.93. The van der Waals surface area contributed by atoms with Crippen LogP contribution in [0, 0.1) is 11.8 Å². The lowest BCUT2D eigenvalue weighted by molar-refractivity contribution is -0.0472. The zero-order chi connectivity index (χ0) is 13.0. The van der Waals surface area contributed by atoms with Crippen molar-refractivity contribution in [2.24, 2.45) is 17.6 Å². The normalized spacial score (nSPS) is 30.7. The number of fused-ring (bicyclic) bond motifs is 1. The molecule has 0 aromatic carbocycles. The van der Waals surface area contributed by atoms with Crippen molar-refractivity contribution in [2.75, 3.05) is 39.3 Å². The number of rotatable bonds is 6. The SMILES string of the molecule is CC(C)C(CN)CNCC1CN2CCCC2CO1. The first kappa shape index (κ1) is 14.3.